The van der Waals surface area contributed by atoms with Gasteiger partial charge in [-0.3, -0.25) is 0 Å². The number of benzene rings is 1. The first-order chi connectivity index (χ1) is 9.88. The van der Waals surface area contributed by atoms with E-state index >= 15 is 0 Å². The predicted molar refractivity (Wildman–Crippen MR) is 81.4 cm³/mol. The quantitative estimate of drug-likeness (QED) is 0.847. The van der Waals surface area contributed by atoms with Crippen LogP contribution in [0.4, 0.5) is 0 Å². The minimum atomic E-state index is -3.51. The highest BCUT2D eigenvalue weighted by Gasteiger charge is 2.53. The molecule has 2 aliphatic carbocycles. The summed E-state index contributed by atoms with van der Waals surface area (Å²) < 4.78 is 28.0. The molecule has 0 amide bonds. The standard InChI is InChI=1S/C16H23NO3S/c1-11-7-13(9-18)8-15(12(11)2)21(19,20)17-10-16(5-6-16)14-3-4-14/h7-8,14,17-18H,3-6,9-10H2,1-2H3. The van der Waals surface area contributed by atoms with Crippen LogP contribution in [0.1, 0.15) is 42.4 Å². The van der Waals surface area contributed by atoms with Crippen molar-refractivity contribution < 1.29 is 13.5 Å². The third-order valence-electron chi connectivity index (χ3n) is 5.10. The first kappa shape index (κ1) is 15.0. The number of rotatable bonds is 6. The second-order valence-corrected chi connectivity index (χ2v) is 8.39. The van der Waals surface area contributed by atoms with Crippen molar-refractivity contribution in [3.63, 3.8) is 0 Å². The van der Waals surface area contributed by atoms with Gasteiger partial charge in [0.25, 0.3) is 0 Å². The summed E-state index contributed by atoms with van der Waals surface area (Å²) in [4.78, 5) is 0.304. The van der Waals surface area contributed by atoms with Crippen LogP contribution >= 0.6 is 0 Å². The molecule has 0 unspecified atom stereocenters. The summed E-state index contributed by atoms with van der Waals surface area (Å²) in [5, 5.41) is 9.28. The second-order valence-electron chi connectivity index (χ2n) is 6.66. The minimum absolute atomic E-state index is 0.143. The van der Waals surface area contributed by atoms with Crippen LogP contribution in [0.2, 0.25) is 0 Å². The third-order valence-corrected chi connectivity index (χ3v) is 6.63. The Kier molecular flexibility index (Phi) is 3.62. The summed E-state index contributed by atoms with van der Waals surface area (Å²) in [6.45, 7) is 4.11. The number of aliphatic hydroxyl groups excluding tert-OH is 1. The van der Waals surface area contributed by atoms with Crippen LogP contribution in [0.5, 0.6) is 0 Å². The molecular formula is C16H23NO3S. The van der Waals surface area contributed by atoms with Crippen molar-refractivity contribution in [2.24, 2.45) is 11.3 Å². The highest BCUT2D eigenvalue weighted by molar-refractivity contribution is 7.89. The highest BCUT2D eigenvalue weighted by Crippen LogP contribution is 2.60. The van der Waals surface area contributed by atoms with E-state index < -0.39 is 10.0 Å². The Hall–Kier alpha value is -0.910. The first-order valence-corrected chi connectivity index (χ1v) is 9.07. The highest BCUT2D eigenvalue weighted by atomic mass is 32.2. The lowest BCUT2D eigenvalue weighted by atomic mass is 10.0. The number of aryl methyl sites for hydroxylation is 1. The Morgan fingerprint density at radius 1 is 1.29 bits per heavy atom. The van der Waals surface area contributed by atoms with E-state index in [2.05, 4.69) is 4.72 Å². The molecular weight excluding hydrogens is 286 g/mol. The predicted octanol–water partition coefficient (Wildman–Crippen LogP) is 2.26. The van der Waals surface area contributed by atoms with Gasteiger partial charge >= 0.3 is 0 Å². The lowest BCUT2D eigenvalue weighted by molar-refractivity contribution is 0.281. The normalized spacial score (nSPS) is 20.5. The van der Waals surface area contributed by atoms with Gasteiger partial charge in [-0.05, 0) is 73.6 Å². The molecule has 116 valence electrons. The average Bonchev–Trinajstić information content (AvgIpc) is 3.31. The minimum Gasteiger partial charge on any atom is -0.392 e. The van der Waals surface area contributed by atoms with Crippen molar-refractivity contribution in [2.75, 3.05) is 6.54 Å². The van der Waals surface area contributed by atoms with Gasteiger partial charge in [0.2, 0.25) is 10.0 Å². The maximum absolute atomic E-state index is 12.6. The van der Waals surface area contributed by atoms with Crippen LogP contribution in [-0.4, -0.2) is 20.1 Å². The van der Waals surface area contributed by atoms with Crippen LogP contribution in [0.3, 0.4) is 0 Å². The molecule has 1 aromatic rings. The second kappa shape index (κ2) is 5.07. The van der Waals surface area contributed by atoms with Gasteiger partial charge < -0.3 is 5.11 Å². The molecule has 2 N–H and O–H groups in total. The number of nitrogens with one attached hydrogen (secondary N) is 1. The number of aliphatic hydroxyl groups is 1. The van der Waals surface area contributed by atoms with E-state index in [-0.39, 0.29) is 12.0 Å². The van der Waals surface area contributed by atoms with E-state index in [4.69, 9.17) is 0 Å². The van der Waals surface area contributed by atoms with Crippen molar-refractivity contribution >= 4 is 10.0 Å². The van der Waals surface area contributed by atoms with Crippen molar-refractivity contribution in [1.82, 2.24) is 4.72 Å². The van der Waals surface area contributed by atoms with Gasteiger partial charge in [-0.25, -0.2) is 13.1 Å². The number of sulfonamides is 1. The first-order valence-electron chi connectivity index (χ1n) is 7.59. The molecule has 2 saturated carbocycles. The molecule has 2 fully saturated rings. The molecule has 0 heterocycles. The summed E-state index contributed by atoms with van der Waals surface area (Å²) in [5.41, 5.74) is 2.54. The lowest BCUT2D eigenvalue weighted by Crippen LogP contribution is -2.31. The summed E-state index contributed by atoms with van der Waals surface area (Å²) in [6, 6.07) is 3.42. The molecule has 0 saturated heterocycles. The molecule has 0 bridgehead atoms. The third kappa shape index (κ3) is 2.87. The fraction of sp³-hybridized carbons (Fsp3) is 0.625. The van der Waals surface area contributed by atoms with E-state index in [0.717, 1.165) is 29.9 Å². The van der Waals surface area contributed by atoms with Gasteiger partial charge in [-0.2, -0.15) is 0 Å². The summed E-state index contributed by atoms with van der Waals surface area (Å²) >= 11 is 0. The topological polar surface area (TPSA) is 66.4 Å². The molecule has 2 aliphatic rings. The van der Waals surface area contributed by atoms with E-state index in [1.807, 2.05) is 19.9 Å². The largest absolute Gasteiger partial charge is 0.392 e. The van der Waals surface area contributed by atoms with Crippen LogP contribution in [0.25, 0.3) is 0 Å². The maximum Gasteiger partial charge on any atom is 0.240 e. The van der Waals surface area contributed by atoms with Crippen molar-refractivity contribution in [3.8, 4) is 0 Å². The average molecular weight is 309 g/mol. The van der Waals surface area contributed by atoms with Crippen molar-refractivity contribution in [1.29, 1.82) is 0 Å². The van der Waals surface area contributed by atoms with Crippen LogP contribution < -0.4 is 4.72 Å². The zero-order chi connectivity index (χ0) is 15.3. The molecule has 4 nitrogen and oxygen atoms in total. The molecule has 0 radical (unpaired) electrons. The summed E-state index contributed by atoms with van der Waals surface area (Å²) in [6.07, 6.45) is 4.80. The Balaban J connectivity index is 1.82. The van der Waals surface area contributed by atoms with E-state index in [1.54, 1.807) is 6.07 Å². The molecule has 0 aromatic heterocycles. The molecule has 5 heteroatoms. The number of hydrogen-bond donors (Lipinski definition) is 2. The van der Waals surface area contributed by atoms with Gasteiger partial charge in [0.05, 0.1) is 11.5 Å². The van der Waals surface area contributed by atoms with Gasteiger partial charge in [0.15, 0.2) is 0 Å². The molecule has 0 aliphatic heterocycles. The maximum atomic E-state index is 12.6. The van der Waals surface area contributed by atoms with Crippen LogP contribution in [0, 0.1) is 25.2 Å². The van der Waals surface area contributed by atoms with E-state index in [9.17, 15) is 13.5 Å². The zero-order valence-electron chi connectivity index (χ0n) is 12.6. The molecule has 21 heavy (non-hydrogen) atoms. The molecule has 0 spiro atoms. The molecule has 0 atom stereocenters. The number of hydrogen-bond acceptors (Lipinski definition) is 3. The Morgan fingerprint density at radius 3 is 2.48 bits per heavy atom. The van der Waals surface area contributed by atoms with Crippen molar-refractivity contribution in [2.45, 2.75) is 51.0 Å². The van der Waals surface area contributed by atoms with Crippen molar-refractivity contribution in [3.05, 3.63) is 28.8 Å². The van der Waals surface area contributed by atoms with Crippen LogP contribution in [0.15, 0.2) is 17.0 Å². The zero-order valence-corrected chi connectivity index (χ0v) is 13.5. The van der Waals surface area contributed by atoms with E-state index in [0.29, 0.717) is 17.0 Å². The fourth-order valence-corrected chi connectivity index (χ4v) is 4.68. The molecule has 1 aromatic carbocycles. The Labute approximate surface area is 126 Å². The Morgan fingerprint density at radius 2 is 1.95 bits per heavy atom. The SMILES string of the molecule is Cc1cc(CO)cc(S(=O)(=O)NCC2(C3CC3)CC2)c1C. The monoisotopic (exact) mass is 309 g/mol. The van der Waals surface area contributed by atoms with Crippen LogP contribution in [-0.2, 0) is 16.6 Å². The lowest BCUT2D eigenvalue weighted by Gasteiger charge is -2.17. The summed E-state index contributed by atoms with van der Waals surface area (Å²) in [7, 11) is -3.51. The molecule has 3 rings (SSSR count). The summed E-state index contributed by atoms with van der Waals surface area (Å²) in [5.74, 6) is 0.729. The van der Waals surface area contributed by atoms with E-state index in [1.165, 1.54) is 12.8 Å². The smallest absolute Gasteiger partial charge is 0.240 e. The fourth-order valence-electron chi connectivity index (χ4n) is 3.17. The van der Waals surface area contributed by atoms with Gasteiger partial charge in [0.1, 0.15) is 0 Å². The van der Waals surface area contributed by atoms with Gasteiger partial charge in [-0.1, -0.05) is 6.07 Å². The Bertz CT molecular complexity index is 658. The van der Waals surface area contributed by atoms with Gasteiger partial charge in [-0.15, -0.1) is 0 Å². The van der Waals surface area contributed by atoms with Gasteiger partial charge in [0, 0.05) is 6.54 Å².